The Hall–Kier alpha value is -2.24. The first-order valence-corrected chi connectivity index (χ1v) is 9.17. The molecule has 0 atom stereocenters. The van der Waals surface area contributed by atoms with Crippen LogP contribution in [0.5, 0.6) is 0 Å². The minimum atomic E-state index is -0.0887. The molecule has 2 aromatic carbocycles. The molecule has 0 bridgehead atoms. The quantitative estimate of drug-likeness (QED) is 0.656. The minimum Gasteiger partial charge on any atom is -0.325 e. The van der Waals surface area contributed by atoms with E-state index in [1.54, 1.807) is 6.07 Å². The molecule has 1 heterocycles. The van der Waals surface area contributed by atoms with Crippen molar-refractivity contribution in [1.82, 2.24) is 9.55 Å². The maximum absolute atomic E-state index is 12.2. The Bertz CT molecular complexity index is 893. The summed E-state index contributed by atoms with van der Waals surface area (Å²) in [4.78, 5) is 16.6. The Morgan fingerprint density at radius 2 is 2.00 bits per heavy atom. The van der Waals surface area contributed by atoms with Gasteiger partial charge in [-0.1, -0.05) is 59.8 Å². The van der Waals surface area contributed by atoms with Crippen LogP contribution in [0.1, 0.15) is 5.56 Å². The second kappa shape index (κ2) is 7.76. The van der Waals surface area contributed by atoms with E-state index >= 15 is 0 Å². The summed E-state index contributed by atoms with van der Waals surface area (Å²) in [6, 6.07) is 15.5. The fourth-order valence-electron chi connectivity index (χ4n) is 2.40. The first kappa shape index (κ1) is 17.6. The standard InChI is InChI=1S/C19H18ClN3OS/c1-13-8-9-15(10-16(13)20)22-18(24)12-25-19-21-11-17(23(19)2)14-6-4-3-5-7-14/h3-11H,12H2,1-2H3,(H,22,24). The third-order valence-electron chi connectivity index (χ3n) is 3.80. The van der Waals surface area contributed by atoms with E-state index in [1.165, 1.54) is 11.8 Å². The van der Waals surface area contributed by atoms with Crippen molar-refractivity contribution in [2.45, 2.75) is 12.1 Å². The van der Waals surface area contributed by atoms with Gasteiger partial charge < -0.3 is 9.88 Å². The molecule has 3 rings (SSSR count). The number of nitrogens with one attached hydrogen (secondary N) is 1. The van der Waals surface area contributed by atoms with Crippen LogP contribution in [-0.2, 0) is 11.8 Å². The zero-order valence-electron chi connectivity index (χ0n) is 14.0. The van der Waals surface area contributed by atoms with E-state index in [0.717, 1.165) is 22.0 Å². The van der Waals surface area contributed by atoms with Crippen molar-refractivity contribution in [3.8, 4) is 11.3 Å². The summed E-state index contributed by atoms with van der Waals surface area (Å²) >= 11 is 7.49. The first-order valence-electron chi connectivity index (χ1n) is 7.80. The second-order valence-electron chi connectivity index (χ2n) is 5.65. The van der Waals surface area contributed by atoms with E-state index in [9.17, 15) is 4.79 Å². The predicted molar refractivity (Wildman–Crippen MR) is 104 cm³/mol. The van der Waals surface area contributed by atoms with Gasteiger partial charge in [0, 0.05) is 17.8 Å². The number of amides is 1. The highest BCUT2D eigenvalue weighted by atomic mass is 35.5. The van der Waals surface area contributed by atoms with Crippen LogP contribution in [0.2, 0.25) is 5.02 Å². The summed E-state index contributed by atoms with van der Waals surface area (Å²) in [7, 11) is 1.95. The molecule has 0 aliphatic heterocycles. The number of benzene rings is 2. The van der Waals surface area contributed by atoms with Gasteiger partial charge in [0.2, 0.25) is 5.91 Å². The van der Waals surface area contributed by atoms with Crippen LogP contribution >= 0.6 is 23.4 Å². The van der Waals surface area contributed by atoms with Crippen LogP contribution in [0.4, 0.5) is 5.69 Å². The normalized spacial score (nSPS) is 10.7. The number of nitrogens with zero attached hydrogens (tertiary/aromatic N) is 2. The smallest absolute Gasteiger partial charge is 0.234 e. The van der Waals surface area contributed by atoms with Crippen LogP contribution in [0.25, 0.3) is 11.3 Å². The van der Waals surface area contributed by atoms with E-state index < -0.39 is 0 Å². The minimum absolute atomic E-state index is 0.0887. The third-order valence-corrected chi connectivity index (χ3v) is 5.25. The number of carbonyl (C=O) groups excluding carboxylic acids is 1. The zero-order chi connectivity index (χ0) is 17.8. The lowest BCUT2D eigenvalue weighted by atomic mass is 10.2. The summed E-state index contributed by atoms with van der Waals surface area (Å²) in [5, 5.41) is 4.30. The molecule has 0 aliphatic rings. The topological polar surface area (TPSA) is 46.9 Å². The van der Waals surface area contributed by atoms with Gasteiger partial charge in [0.1, 0.15) is 0 Å². The van der Waals surface area contributed by atoms with Crippen molar-refractivity contribution in [3.63, 3.8) is 0 Å². The van der Waals surface area contributed by atoms with Crippen LogP contribution < -0.4 is 5.32 Å². The molecular weight excluding hydrogens is 354 g/mol. The molecule has 0 aliphatic carbocycles. The zero-order valence-corrected chi connectivity index (χ0v) is 15.6. The molecule has 0 saturated carbocycles. The predicted octanol–water partition coefficient (Wildman–Crippen LogP) is 4.78. The van der Waals surface area contributed by atoms with Crippen molar-refractivity contribution < 1.29 is 4.79 Å². The van der Waals surface area contributed by atoms with Crippen molar-refractivity contribution in [2.24, 2.45) is 7.05 Å². The lowest BCUT2D eigenvalue weighted by Crippen LogP contribution is -2.14. The number of hydrogen-bond donors (Lipinski definition) is 1. The van der Waals surface area contributed by atoms with Gasteiger partial charge in [0.05, 0.1) is 17.6 Å². The summed E-state index contributed by atoms with van der Waals surface area (Å²) in [6.07, 6.45) is 1.83. The van der Waals surface area contributed by atoms with E-state index in [4.69, 9.17) is 11.6 Å². The third kappa shape index (κ3) is 4.24. The van der Waals surface area contributed by atoms with Crippen LogP contribution in [-0.4, -0.2) is 21.2 Å². The molecule has 1 aromatic heterocycles. The number of thioether (sulfide) groups is 1. The molecular formula is C19H18ClN3OS. The molecule has 0 saturated heterocycles. The highest BCUT2D eigenvalue weighted by Gasteiger charge is 2.11. The summed E-state index contributed by atoms with van der Waals surface area (Å²) in [5.41, 5.74) is 3.80. The van der Waals surface area contributed by atoms with Crippen LogP contribution in [0.15, 0.2) is 59.9 Å². The maximum atomic E-state index is 12.2. The number of aromatic nitrogens is 2. The number of anilines is 1. The molecule has 0 unspecified atom stereocenters. The monoisotopic (exact) mass is 371 g/mol. The summed E-state index contributed by atoms with van der Waals surface area (Å²) in [5.74, 6) is 0.194. The van der Waals surface area contributed by atoms with Gasteiger partial charge in [-0.3, -0.25) is 4.79 Å². The highest BCUT2D eigenvalue weighted by Crippen LogP contribution is 2.25. The molecule has 1 N–H and O–H groups in total. The van der Waals surface area contributed by atoms with E-state index in [1.807, 2.05) is 67.2 Å². The van der Waals surface area contributed by atoms with Gasteiger partial charge in [0.25, 0.3) is 0 Å². The number of rotatable bonds is 5. The molecule has 128 valence electrons. The summed E-state index contributed by atoms with van der Waals surface area (Å²) in [6.45, 7) is 1.93. The van der Waals surface area contributed by atoms with Crippen molar-refractivity contribution in [1.29, 1.82) is 0 Å². The van der Waals surface area contributed by atoms with Crippen LogP contribution in [0, 0.1) is 6.92 Å². The Morgan fingerprint density at radius 3 is 2.72 bits per heavy atom. The van der Waals surface area contributed by atoms with Crippen molar-refractivity contribution >= 4 is 35.0 Å². The Morgan fingerprint density at radius 1 is 1.24 bits per heavy atom. The first-order chi connectivity index (χ1) is 12.0. The Kier molecular flexibility index (Phi) is 5.46. The Balaban J connectivity index is 1.63. The van der Waals surface area contributed by atoms with Crippen molar-refractivity contribution in [3.05, 3.63) is 65.3 Å². The highest BCUT2D eigenvalue weighted by molar-refractivity contribution is 7.99. The average molecular weight is 372 g/mol. The molecule has 4 nitrogen and oxygen atoms in total. The van der Waals surface area contributed by atoms with Gasteiger partial charge in [-0.05, 0) is 30.2 Å². The van der Waals surface area contributed by atoms with Crippen molar-refractivity contribution in [2.75, 3.05) is 11.1 Å². The lowest BCUT2D eigenvalue weighted by Gasteiger charge is -2.08. The molecule has 3 aromatic rings. The SMILES string of the molecule is Cc1ccc(NC(=O)CSc2ncc(-c3ccccc3)n2C)cc1Cl. The van der Waals surface area contributed by atoms with Gasteiger partial charge in [0.15, 0.2) is 5.16 Å². The van der Waals surface area contributed by atoms with Gasteiger partial charge in [-0.2, -0.15) is 0 Å². The molecule has 0 radical (unpaired) electrons. The van der Waals surface area contributed by atoms with E-state index in [2.05, 4.69) is 10.3 Å². The number of carbonyl (C=O) groups is 1. The van der Waals surface area contributed by atoms with Gasteiger partial charge in [-0.25, -0.2) is 4.98 Å². The fourth-order valence-corrected chi connectivity index (χ4v) is 3.33. The molecule has 1 amide bonds. The van der Waals surface area contributed by atoms with Gasteiger partial charge >= 0.3 is 0 Å². The lowest BCUT2D eigenvalue weighted by molar-refractivity contribution is -0.113. The van der Waals surface area contributed by atoms with Crippen LogP contribution in [0.3, 0.4) is 0 Å². The molecule has 25 heavy (non-hydrogen) atoms. The second-order valence-corrected chi connectivity index (χ2v) is 7.00. The molecule has 0 spiro atoms. The Labute approximate surface area is 156 Å². The van der Waals surface area contributed by atoms with Gasteiger partial charge in [-0.15, -0.1) is 0 Å². The fraction of sp³-hybridized carbons (Fsp3) is 0.158. The average Bonchev–Trinajstić information content (AvgIpc) is 2.98. The molecule has 0 fully saturated rings. The van der Waals surface area contributed by atoms with E-state index in [-0.39, 0.29) is 11.7 Å². The van der Waals surface area contributed by atoms with E-state index in [0.29, 0.717) is 10.7 Å². The summed E-state index contributed by atoms with van der Waals surface area (Å²) < 4.78 is 2.00. The number of aryl methyl sites for hydroxylation is 1. The maximum Gasteiger partial charge on any atom is 0.234 e. The largest absolute Gasteiger partial charge is 0.325 e. The number of imidazole rings is 1. The molecule has 6 heteroatoms. The number of hydrogen-bond acceptors (Lipinski definition) is 3. The number of halogens is 1.